The standard InChI is InChI=1S/C23H25N5O/c1-14-2-4-15(5-3-14)12-28-13-17-10-23(17)11-19(21(23)28)25-18-8-6-16(7-9-18)20-22(24)27-29-26-20/h2-9,17,19,21,25H,10-13H2,1H3,(H2,24,27). The maximum atomic E-state index is 5.80. The molecule has 0 amide bonds. The Labute approximate surface area is 170 Å². The Kier molecular flexibility index (Phi) is 3.56. The average Bonchev–Trinajstić information content (AvgIpc) is 3.16. The van der Waals surface area contributed by atoms with Crippen LogP contribution in [-0.4, -0.2) is 33.8 Å². The molecule has 1 saturated heterocycles. The van der Waals surface area contributed by atoms with E-state index in [-0.39, 0.29) is 0 Å². The fourth-order valence-corrected chi connectivity index (χ4v) is 5.71. The van der Waals surface area contributed by atoms with E-state index in [4.69, 9.17) is 10.4 Å². The Hall–Kier alpha value is -2.86. The van der Waals surface area contributed by atoms with Crippen molar-refractivity contribution in [2.45, 2.75) is 38.4 Å². The number of nitrogens with zero attached hydrogens (tertiary/aromatic N) is 3. The second-order valence-electron chi connectivity index (χ2n) is 9.02. The Balaban J connectivity index is 1.16. The predicted octanol–water partition coefficient (Wildman–Crippen LogP) is 3.70. The van der Waals surface area contributed by atoms with Gasteiger partial charge in [-0.3, -0.25) is 4.90 Å². The van der Waals surface area contributed by atoms with Crippen LogP contribution in [0.5, 0.6) is 0 Å². The van der Waals surface area contributed by atoms with Gasteiger partial charge in [-0.1, -0.05) is 42.0 Å². The van der Waals surface area contributed by atoms with E-state index in [2.05, 4.69) is 63.9 Å². The molecular weight excluding hydrogens is 362 g/mol. The first-order valence-corrected chi connectivity index (χ1v) is 10.4. The van der Waals surface area contributed by atoms with Gasteiger partial charge in [-0.15, -0.1) is 0 Å². The molecule has 0 bridgehead atoms. The van der Waals surface area contributed by atoms with E-state index >= 15 is 0 Å². The van der Waals surface area contributed by atoms with E-state index in [0.29, 0.717) is 29.0 Å². The lowest BCUT2D eigenvalue weighted by Crippen LogP contribution is -2.58. The molecule has 1 spiro atoms. The maximum absolute atomic E-state index is 5.80. The van der Waals surface area contributed by atoms with Crippen LogP contribution in [0.25, 0.3) is 11.3 Å². The summed E-state index contributed by atoms with van der Waals surface area (Å²) in [5, 5.41) is 11.3. The second kappa shape index (κ2) is 6.07. The molecule has 148 valence electrons. The molecule has 6 nitrogen and oxygen atoms in total. The Morgan fingerprint density at radius 2 is 1.90 bits per heavy atom. The van der Waals surface area contributed by atoms with E-state index in [1.165, 1.54) is 30.5 Å². The van der Waals surface area contributed by atoms with Crippen LogP contribution in [0.3, 0.4) is 0 Å². The first-order valence-electron chi connectivity index (χ1n) is 10.4. The molecule has 4 atom stereocenters. The number of aromatic nitrogens is 2. The SMILES string of the molecule is Cc1ccc(CN2CC3CC34CC(Nc3ccc(-c5nonc5N)cc3)C24)cc1. The lowest BCUT2D eigenvalue weighted by molar-refractivity contribution is 0.0724. The van der Waals surface area contributed by atoms with Crippen LogP contribution in [0, 0.1) is 18.3 Å². The van der Waals surface area contributed by atoms with Crippen LogP contribution >= 0.6 is 0 Å². The minimum Gasteiger partial charge on any atom is -0.381 e. The van der Waals surface area contributed by atoms with Gasteiger partial charge in [-0.05, 0) is 59.1 Å². The molecule has 2 aliphatic carbocycles. The highest BCUT2D eigenvalue weighted by Gasteiger charge is 2.73. The van der Waals surface area contributed by atoms with Gasteiger partial charge < -0.3 is 11.1 Å². The first-order chi connectivity index (χ1) is 14.1. The molecule has 6 heteroatoms. The largest absolute Gasteiger partial charge is 0.381 e. The lowest BCUT2D eigenvalue weighted by atomic mass is 9.71. The van der Waals surface area contributed by atoms with Crippen molar-refractivity contribution in [1.29, 1.82) is 0 Å². The molecule has 3 fully saturated rings. The van der Waals surface area contributed by atoms with Gasteiger partial charge in [0.05, 0.1) is 0 Å². The molecule has 2 saturated carbocycles. The molecule has 4 unspecified atom stereocenters. The van der Waals surface area contributed by atoms with Crippen molar-refractivity contribution in [3.63, 3.8) is 0 Å². The summed E-state index contributed by atoms with van der Waals surface area (Å²) in [7, 11) is 0. The highest BCUT2D eigenvalue weighted by atomic mass is 16.6. The monoisotopic (exact) mass is 387 g/mol. The summed E-state index contributed by atoms with van der Waals surface area (Å²) in [6.45, 7) is 4.45. The van der Waals surface area contributed by atoms with Crippen molar-refractivity contribution in [1.82, 2.24) is 15.2 Å². The van der Waals surface area contributed by atoms with Gasteiger partial charge in [0, 0.05) is 36.4 Å². The van der Waals surface area contributed by atoms with Gasteiger partial charge >= 0.3 is 0 Å². The van der Waals surface area contributed by atoms with E-state index in [1.54, 1.807) is 0 Å². The number of piperidine rings is 1. The minimum absolute atomic E-state index is 0.323. The van der Waals surface area contributed by atoms with Gasteiger partial charge in [-0.2, -0.15) is 0 Å². The molecule has 1 aliphatic heterocycles. The summed E-state index contributed by atoms with van der Waals surface area (Å²) in [4.78, 5) is 2.70. The van der Waals surface area contributed by atoms with Crippen LogP contribution in [0.1, 0.15) is 24.0 Å². The highest BCUT2D eigenvalue weighted by Crippen LogP contribution is 2.71. The first kappa shape index (κ1) is 17.0. The zero-order valence-electron chi connectivity index (χ0n) is 16.5. The Morgan fingerprint density at radius 1 is 1.10 bits per heavy atom. The van der Waals surface area contributed by atoms with E-state index in [9.17, 15) is 0 Å². The van der Waals surface area contributed by atoms with Crippen LogP contribution in [0.2, 0.25) is 0 Å². The number of benzene rings is 2. The number of aryl methyl sites for hydroxylation is 1. The number of rotatable bonds is 5. The smallest absolute Gasteiger partial charge is 0.196 e. The summed E-state index contributed by atoms with van der Waals surface area (Å²) in [6, 6.07) is 18.4. The average molecular weight is 387 g/mol. The van der Waals surface area contributed by atoms with E-state index < -0.39 is 0 Å². The number of nitrogens with two attached hydrogens (primary N) is 1. The second-order valence-corrected chi connectivity index (χ2v) is 9.02. The molecule has 1 aromatic heterocycles. The summed E-state index contributed by atoms with van der Waals surface area (Å²) in [5.41, 5.74) is 11.8. The van der Waals surface area contributed by atoms with E-state index in [1.807, 2.05) is 12.1 Å². The molecule has 3 N–H and O–H groups in total. The molecule has 2 heterocycles. The third-order valence-electron chi connectivity index (χ3n) is 7.23. The normalized spacial score (nSPS) is 29.8. The zero-order chi connectivity index (χ0) is 19.6. The van der Waals surface area contributed by atoms with Crippen molar-refractivity contribution in [2.24, 2.45) is 11.3 Å². The number of hydrogen-bond donors (Lipinski definition) is 2. The van der Waals surface area contributed by atoms with Crippen molar-refractivity contribution >= 4 is 11.5 Å². The quantitative estimate of drug-likeness (QED) is 0.695. The number of nitrogens with one attached hydrogen (secondary N) is 1. The summed E-state index contributed by atoms with van der Waals surface area (Å²) < 4.78 is 4.71. The van der Waals surface area contributed by atoms with Crippen molar-refractivity contribution in [3.8, 4) is 11.3 Å². The lowest BCUT2D eigenvalue weighted by Gasteiger charge is -2.48. The number of hydrogen-bond acceptors (Lipinski definition) is 6. The number of nitrogen functional groups attached to an aromatic ring is 1. The van der Waals surface area contributed by atoms with Crippen LogP contribution in [0.4, 0.5) is 11.5 Å². The summed E-state index contributed by atoms with van der Waals surface area (Å²) in [6.07, 6.45) is 2.70. The number of likely N-dealkylation sites (tertiary alicyclic amines) is 1. The van der Waals surface area contributed by atoms with Crippen LogP contribution in [0.15, 0.2) is 53.2 Å². The van der Waals surface area contributed by atoms with Gasteiger partial charge in [-0.25, -0.2) is 4.63 Å². The summed E-state index contributed by atoms with van der Waals surface area (Å²) >= 11 is 0. The molecule has 3 aliphatic rings. The minimum atomic E-state index is 0.323. The number of anilines is 2. The molecule has 3 aromatic rings. The topological polar surface area (TPSA) is 80.2 Å². The molecular formula is C23H25N5O. The van der Waals surface area contributed by atoms with Crippen molar-refractivity contribution < 1.29 is 4.63 Å². The third kappa shape index (κ3) is 2.66. The molecule has 29 heavy (non-hydrogen) atoms. The maximum Gasteiger partial charge on any atom is 0.196 e. The van der Waals surface area contributed by atoms with Gasteiger partial charge in [0.25, 0.3) is 0 Å². The van der Waals surface area contributed by atoms with Gasteiger partial charge in [0.1, 0.15) is 0 Å². The predicted molar refractivity (Wildman–Crippen MR) is 112 cm³/mol. The molecule has 6 rings (SSSR count). The summed E-state index contributed by atoms with van der Waals surface area (Å²) in [5.74, 6) is 1.23. The third-order valence-corrected chi connectivity index (χ3v) is 7.23. The fraction of sp³-hybridized carbons (Fsp3) is 0.391. The van der Waals surface area contributed by atoms with Crippen LogP contribution < -0.4 is 11.1 Å². The molecule has 2 aromatic carbocycles. The van der Waals surface area contributed by atoms with Gasteiger partial charge in [0.2, 0.25) is 0 Å². The van der Waals surface area contributed by atoms with E-state index in [0.717, 1.165) is 23.7 Å². The van der Waals surface area contributed by atoms with Crippen molar-refractivity contribution in [2.75, 3.05) is 17.6 Å². The Morgan fingerprint density at radius 3 is 2.62 bits per heavy atom. The highest BCUT2D eigenvalue weighted by molar-refractivity contribution is 5.70. The van der Waals surface area contributed by atoms with Crippen LogP contribution in [-0.2, 0) is 6.54 Å². The zero-order valence-corrected chi connectivity index (χ0v) is 16.5. The molecule has 0 radical (unpaired) electrons. The Bertz CT molecular complexity index is 1040. The van der Waals surface area contributed by atoms with Crippen molar-refractivity contribution in [3.05, 3.63) is 59.7 Å². The van der Waals surface area contributed by atoms with Gasteiger partial charge in [0.15, 0.2) is 11.5 Å². The fourth-order valence-electron chi connectivity index (χ4n) is 5.71.